The molecule has 0 unspecified atom stereocenters. The minimum absolute atomic E-state index is 0. The second-order valence-corrected chi connectivity index (χ2v) is 8.19. The molecule has 3 rings (SSSR count). The Morgan fingerprint density at radius 2 is 2.21 bits per heavy atom. The summed E-state index contributed by atoms with van der Waals surface area (Å²) in [6.45, 7) is -0.150. The quantitative estimate of drug-likeness (QED) is 0.103. The van der Waals surface area contributed by atoms with Crippen LogP contribution in [0.2, 0.25) is 0 Å². The van der Waals surface area contributed by atoms with Crippen LogP contribution >= 0.6 is 23.1 Å². The average molecular weight is 504 g/mol. The van der Waals surface area contributed by atoms with Gasteiger partial charge >= 0.3 is 41.6 Å². The molecule has 3 heterocycles. The maximum Gasteiger partial charge on any atom is 1.00 e. The number of β-lactam (4-membered cyclic amide) rings is 1. The first-order valence-corrected chi connectivity index (χ1v) is 10.7. The Balaban J connectivity index is 0.00000385. The second-order valence-electron chi connectivity index (χ2n) is 6.19. The maximum atomic E-state index is 12.7. The van der Waals surface area contributed by atoms with Crippen molar-refractivity contribution in [2.75, 3.05) is 25.2 Å². The minimum atomic E-state index is -1.32. The van der Waals surface area contributed by atoms with Gasteiger partial charge in [-0.15, -0.1) is 23.1 Å². The number of aromatic nitrogens is 1. The van der Waals surface area contributed by atoms with Gasteiger partial charge in [0.2, 0.25) is 0 Å². The van der Waals surface area contributed by atoms with E-state index in [0.717, 1.165) is 16.2 Å². The molecule has 13 nitrogen and oxygen atoms in total. The van der Waals surface area contributed by atoms with Crippen LogP contribution in [0.3, 0.4) is 0 Å². The van der Waals surface area contributed by atoms with Crippen molar-refractivity contribution in [3.63, 3.8) is 0 Å². The molecule has 2 atom stereocenters. The number of amides is 2. The number of anilines is 1. The summed E-state index contributed by atoms with van der Waals surface area (Å²) < 4.78 is 4.56. The van der Waals surface area contributed by atoms with Crippen LogP contribution in [0.1, 0.15) is 5.69 Å². The van der Waals surface area contributed by atoms with E-state index >= 15 is 0 Å². The van der Waals surface area contributed by atoms with Gasteiger partial charge in [-0.2, -0.15) is 0 Å². The monoisotopic (exact) mass is 504 g/mol. The maximum absolute atomic E-state index is 12.7. The molecule has 170 valence electrons. The minimum Gasteiger partial charge on any atom is -0.857 e. The Bertz CT molecular complexity index is 1070. The van der Waals surface area contributed by atoms with E-state index in [1.165, 1.54) is 36.4 Å². The number of rotatable bonds is 8. The van der Waals surface area contributed by atoms with E-state index in [9.17, 15) is 24.6 Å². The van der Waals surface area contributed by atoms with Gasteiger partial charge in [0.25, 0.3) is 5.91 Å². The molecule has 1 aromatic heterocycles. The number of aliphatic carboxylic acids is 1. The third kappa shape index (κ3) is 5.86. The first-order chi connectivity index (χ1) is 15.2. The molecule has 0 radical (unpaired) electrons. The predicted molar refractivity (Wildman–Crippen MR) is 114 cm³/mol. The predicted octanol–water partition coefficient (Wildman–Crippen LogP) is -3.89. The number of carbonyl (C=O) groups is 3. The molecule has 1 saturated heterocycles. The van der Waals surface area contributed by atoms with Gasteiger partial charge in [0.05, 0.1) is 0 Å². The number of ether oxygens (including phenoxy) is 1. The molecule has 16 heteroatoms. The van der Waals surface area contributed by atoms with Crippen molar-refractivity contribution in [1.29, 1.82) is 0 Å². The molecule has 33 heavy (non-hydrogen) atoms. The number of thioether (sulfide) groups is 1. The van der Waals surface area contributed by atoms with Gasteiger partial charge in [0.15, 0.2) is 11.2 Å². The molecule has 0 saturated carbocycles. The Kier molecular flexibility index (Phi) is 9.30. The van der Waals surface area contributed by atoms with E-state index in [1.807, 2.05) is 0 Å². The van der Waals surface area contributed by atoms with Crippen LogP contribution in [0.15, 0.2) is 39.0 Å². The van der Waals surface area contributed by atoms with Crippen LogP contribution in [0, 0.1) is 0 Å². The number of nitrogens with two attached hydrogens (primary N) is 2. The Morgan fingerprint density at radius 3 is 2.79 bits per heavy atom. The fourth-order valence-corrected chi connectivity index (χ4v) is 4.78. The molecule has 0 bridgehead atoms. The number of primary amides is 1. The van der Waals surface area contributed by atoms with E-state index in [2.05, 4.69) is 24.7 Å². The summed E-state index contributed by atoms with van der Waals surface area (Å²) in [7, 11) is 1.24. The zero-order valence-corrected chi connectivity index (χ0v) is 21.1. The van der Waals surface area contributed by atoms with E-state index in [0.29, 0.717) is 5.57 Å². The van der Waals surface area contributed by atoms with Gasteiger partial charge in [-0.1, -0.05) is 11.2 Å². The molecule has 1 fully saturated rings. The fraction of sp³-hybridized carbons (Fsp3) is 0.294. The van der Waals surface area contributed by atoms with Crippen LogP contribution in [-0.2, 0) is 19.2 Å². The Labute approximate surface area is 217 Å². The number of nitrogen functional groups attached to an aromatic ring is 1. The van der Waals surface area contributed by atoms with Gasteiger partial charge in [-0.25, -0.2) is 14.6 Å². The summed E-state index contributed by atoms with van der Waals surface area (Å²) >= 11 is 2.33. The standard InChI is InChI=1S/C17H18N6O7S2.Na/c1-29-22-9(8-6-32-16(18)20-8)12(24)21-10-13(25)23-11(15(26)27)7(5-31-14(10)23)3-2-4-30-17(19)28;/h2-3,6,10,14H,4-5H2,1H3,(H2,18,20)(H2,19,28)(H,21,24)(H,26,27);/q;+1/p-1/b3-2-,22-9+;/t10-,14-;/m1./s1. The molecule has 2 aliphatic heterocycles. The van der Waals surface area contributed by atoms with Gasteiger partial charge in [-0.05, 0) is 11.6 Å². The molecule has 0 aromatic carbocycles. The normalized spacial score (nSPS) is 20.8. The number of carbonyl (C=O) groups excluding carboxylic acids is 2. The molecular weight excluding hydrogens is 487 g/mol. The van der Waals surface area contributed by atoms with Crippen molar-refractivity contribution in [3.05, 3.63) is 34.5 Å². The number of fused-ring (bicyclic) bond motifs is 1. The average Bonchev–Trinajstić information content (AvgIpc) is 3.17. The van der Waals surface area contributed by atoms with Crippen LogP contribution in [0.5, 0.6) is 0 Å². The zero-order chi connectivity index (χ0) is 23.4. The number of aliphatic imine (C=N–C) groups is 1. The number of allylic oxidation sites excluding steroid dienone is 1. The third-order valence-electron chi connectivity index (χ3n) is 4.22. The summed E-state index contributed by atoms with van der Waals surface area (Å²) in [5, 5.41) is 26.9. The number of thiazole rings is 1. The summed E-state index contributed by atoms with van der Waals surface area (Å²) in [4.78, 5) is 48.7. The van der Waals surface area contributed by atoms with Crippen molar-refractivity contribution in [2.45, 2.75) is 11.4 Å². The Hall–Kier alpha value is -2.59. The van der Waals surface area contributed by atoms with Crippen LogP contribution in [0.25, 0.3) is 0 Å². The Morgan fingerprint density at radius 1 is 1.48 bits per heavy atom. The molecule has 2 aliphatic rings. The number of oxime groups is 1. The van der Waals surface area contributed by atoms with Crippen LogP contribution in [0.4, 0.5) is 9.93 Å². The molecule has 1 aromatic rings. The van der Waals surface area contributed by atoms with Crippen molar-refractivity contribution >= 4 is 57.8 Å². The summed E-state index contributed by atoms with van der Waals surface area (Å²) in [6, 6.07) is -1.09. The van der Waals surface area contributed by atoms with E-state index in [-0.39, 0.29) is 64.2 Å². The van der Waals surface area contributed by atoms with E-state index in [4.69, 9.17) is 11.5 Å². The molecule has 2 amide bonds. The van der Waals surface area contributed by atoms with Gasteiger partial charge in [-0.3, -0.25) is 14.7 Å². The smallest absolute Gasteiger partial charge is 0.857 e. The fourth-order valence-electron chi connectivity index (χ4n) is 2.93. The second kappa shape index (κ2) is 11.5. The van der Waals surface area contributed by atoms with E-state index < -0.39 is 35.3 Å². The topological polar surface area (TPSA) is 206 Å². The third-order valence-corrected chi connectivity index (χ3v) is 6.18. The molecular formula is C17H17N6NaO7S2. The first kappa shape index (κ1) is 26.7. The number of hydrogen-bond donors (Lipinski definition) is 3. The van der Waals surface area contributed by atoms with E-state index in [1.54, 1.807) is 0 Å². The van der Waals surface area contributed by atoms with Crippen LogP contribution < -0.4 is 46.1 Å². The molecule has 0 aliphatic carbocycles. The molecule has 0 spiro atoms. The molecule has 5 N–H and O–H groups in total. The van der Waals surface area contributed by atoms with Gasteiger partial charge in [0.1, 0.15) is 36.2 Å². The van der Waals surface area contributed by atoms with Crippen molar-refractivity contribution < 1.29 is 63.7 Å². The van der Waals surface area contributed by atoms with Crippen molar-refractivity contribution in [2.24, 2.45) is 15.9 Å². The number of carboxylic acids is 1. The summed E-state index contributed by atoms with van der Waals surface area (Å²) in [5.74, 6) is -2.58. The number of carboxylic acid groups (broad SMARTS) is 1. The SMILES string of the molecule is CO/N=C(/C([O-])=N[C@@H]1C(=O)N2C(C(=O)O)=C(/C=C\COC(N)=O)CS[C@H]12)c1csc(N)n1.[Na+]. The van der Waals surface area contributed by atoms with Gasteiger partial charge < -0.3 is 31.3 Å². The van der Waals surface area contributed by atoms with Crippen LogP contribution in [-0.4, -0.2) is 75.5 Å². The number of hydrogen-bond acceptors (Lipinski definition) is 12. The zero-order valence-electron chi connectivity index (χ0n) is 17.5. The largest absolute Gasteiger partial charge is 1.00 e. The van der Waals surface area contributed by atoms with Crippen molar-refractivity contribution in [3.8, 4) is 0 Å². The summed E-state index contributed by atoms with van der Waals surface area (Å²) in [6.07, 6.45) is 1.88. The summed E-state index contributed by atoms with van der Waals surface area (Å²) in [5.41, 5.74) is 10.5. The number of nitrogens with zero attached hydrogens (tertiary/aromatic N) is 4. The van der Waals surface area contributed by atoms with Gasteiger partial charge in [0, 0.05) is 17.0 Å². The van der Waals surface area contributed by atoms with Crippen molar-refractivity contribution in [1.82, 2.24) is 9.88 Å². The first-order valence-electron chi connectivity index (χ1n) is 8.82.